The topological polar surface area (TPSA) is 35.5 Å². The molecule has 3 nitrogen and oxygen atoms in total. The molecule has 0 N–H and O–H groups in total. The van der Waals surface area contributed by atoms with E-state index in [1.165, 1.54) is 18.4 Å². The summed E-state index contributed by atoms with van der Waals surface area (Å²) in [6.45, 7) is 23.7. The van der Waals surface area contributed by atoms with Crippen molar-refractivity contribution in [2.75, 3.05) is 0 Å². The summed E-state index contributed by atoms with van der Waals surface area (Å²) in [6, 6.07) is 0. The molecular weight excluding hydrogens is 477 g/mol. The zero-order valence-corrected chi connectivity index (χ0v) is 27.1. The molecule has 0 aliphatic heterocycles. The summed E-state index contributed by atoms with van der Waals surface area (Å²) >= 11 is 0. The summed E-state index contributed by atoms with van der Waals surface area (Å²) in [4.78, 5) is 12.4. The van der Waals surface area contributed by atoms with Crippen LogP contribution < -0.4 is 0 Å². The van der Waals surface area contributed by atoms with E-state index in [-0.39, 0.29) is 32.6 Å². The Balaban J connectivity index is 1.74. The quantitative estimate of drug-likeness (QED) is 0.216. The summed E-state index contributed by atoms with van der Waals surface area (Å²) < 4.78 is 14.7. The number of allylic oxidation sites excluding steroid dienone is 1. The van der Waals surface area contributed by atoms with Crippen LogP contribution in [0.3, 0.4) is 0 Å². The van der Waals surface area contributed by atoms with Crippen molar-refractivity contribution >= 4 is 23.9 Å². The van der Waals surface area contributed by atoms with Gasteiger partial charge in [0.05, 0.1) is 0 Å². The second-order valence-electron chi connectivity index (χ2n) is 15.3. The molecule has 3 fully saturated rings. The van der Waals surface area contributed by atoms with Crippen molar-refractivity contribution in [3.8, 4) is 12.3 Å². The van der Waals surface area contributed by atoms with Gasteiger partial charge >= 0.3 is 0 Å². The monoisotopic (exact) mass is 528 g/mol. The predicted octanol–water partition coefficient (Wildman–Crippen LogP) is 7.41. The van der Waals surface area contributed by atoms with Gasteiger partial charge < -0.3 is 8.85 Å². The fraction of sp³-hybridized carbons (Fsp3) is 0.839. The van der Waals surface area contributed by atoms with Crippen molar-refractivity contribution in [2.45, 2.75) is 129 Å². The molecule has 4 rings (SSSR count). The minimum atomic E-state index is -1.52. The van der Waals surface area contributed by atoms with Crippen LogP contribution in [0, 0.1) is 46.8 Å². The lowest BCUT2D eigenvalue weighted by Gasteiger charge is -2.61. The first-order chi connectivity index (χ1) is 16.5. The van der Waals surface area contributed by atoms with Gasteiger partial charge in [-0.05, 0) is 90.1 Å². The highest BCUT2D eigenvalue weighted by Gasteiger charge is 2.67. The molecule has 0 bridgehead atoms. The summed E-state index contributed by atoms with van der Waals surface area (Å²) in [6.07, 6.45) is 15.2. The van der Waals surface area contributed by atoms with Crippen LogP contribution in [0.1, 0.15) is 100 Å². The van der Waals surface area contributed by atoms with Crippen molar-refractivity contribution in [1.82, 2.24) is 0 Å². The summed E-state index contributed by atoms with van der Waals surface area (Å²) in [7, 11) is -3.04. The molecule has 4 aliphatic carbocycles. The molecule has 3 unspecified atom stereocenters. The first-order valence-corrected chi connectivity index (χ1v) is 19.0. The Labute approximate surface area is 225 Å². The summed E-state index contributed by atoms with van der Waals surface area (Å²) in [5.74, 6) is 4.76. The smallest absolute Gasteiger partial charge is 0.183 e. The number of carbonyl (C=O) groups is 1. The van der Waals surface area contributed by atoms with Gasteiger partial charge in [0.25, 0.3) is 0 Å². The molecule has 36 heavy (non-hydrogen) atoms. The molecule has 202 valence electrons. The second-order valence-corrected chi connectivity index (χ2v) is 21.8. The maximum Gasteiger partial charge on any atom is 0.183 e. The molecule has 0 spiro atoms. The highest BCUT2D eigenvalue weighted by molar-refractivity contribution is 6.55. The average molecular weight is 529 g/mol. The van der Waals surface area contributed by atoms with E-state index in [4.69, 9.17) is 15.3 Å². The van der Waals surface area contributed by atoms with Crippen molar-refractivity contribution in [3.63, 3.8) is 0 Å². The van der Waals surface area contributed by atoms with Gasteiger partial charge in [0, 0.05) is 24.2 Å². The van der Waals surface area contributed by atoms with E-state index in [9.17, 15) is 4.79 Å². The van der Waals surface area contributed by atoms with Crippen molar-refractivity contribution in [1.29, 1.82) is 0 Å². The van der Waals surface area contributed by atoms with Crippen LogP contribution in [0.5, 0.6) is 0 Å². The van der Waals surface area contributed by atoms with Gasteiger partial charge in [-0.1, -0.05) is 61.3 Å². The molecule has 0 aromatic heterocycles. The first kappa shape index (κ1) is 28.3. The van der Waals surface area contributed by atoms with Crippen LogP contribution in [-0.4, -0.2) is 29.7 Å². The van der Waals surface area contributed by atoms with Crippen molar-refractivity contribution in [3.05, 3.63) is 11.6 Å². The third-order valence-electron chi connectivity index (χ3n) is 11.4. The summed E-state index contributed by atoms with van der Waals surface area (Å²) in [5.41, 5.74) is 1.34. The van der Waals surface area contributed by atoms with E-state index in [2.05, 4.69) is 74.4 Å². The first-order valence-electron chi connectivity index (χ1n) is 14.6. The standard InChI is InChI=1S/C31H52O3Si2/c1-12-21-19-23-24(29(8)16-13-22(32)20-26(21)29)14-17-30(9)25(23)15-18-31(30,33-35(10)27(2,3)4)34-36(11)28(5,6)7/h1,20-21,23-25,35-36H,13-19H2,2-11H3/t21?,23-,24-,25+,29-,30+,31?,35?,36?/m1/s1. The Morgan fingerprint density at radius 1 is 0.944 bits per heavy atom. The lowest BCUT2D eigenvalue weighted by atomic mass is 9.45. The number of carbonyl (C=O) groups excluding carboxylic acids is 1. The molecule has 0 radical (unpaired) electrons. The van der Waals surface area contributed by atoms with Crippen LogP contribution in [0.15, 0.2) is 11.6 Å². The Bertz CT molecular complexity index is 928. The third-order valence-corrected chi connectivity index (χ3v) is 17.8. The number of fused-ring (bicyclic) bond motifs is 5. The molecule has 0 aromatic rings. The Morgan fingerprint density at radius 2 is 1.50 bits per heavy atom. The molecule has 0 saturated heterocycles. The predicted molar refractivity (Wildman–Crippen MR) is 155 cm³/mol. The van der Waals surface area contributed by atoms with Gasteiger partial charge in [0.1, 0.15) is 0 Å². The number of rotatable bonds is 4. The zero-order chi connectivity index (χ0) is 26.9. The number of ketones is 1. The lowest BCUT2D eigenvalue weighted by Crippen LogP contribution is -2.60. The fourth-order valence-corrected chi connectivity index (χ4v) is 10.9. The van der Waals surface area contributed by atoms with Gasteiger partial charge in [-0.15, -0.1) is 6.42 Å². The van der Waals surface area contributed by atoms with Crippen LogP contribution in [0.25, 0.3) is 0 Å². The number of hydrogen-bond acceptors (Lipinski definition) is 3. The van der Waals surface area contributed by atoms with Crippen molar-refractivity contribution < 1.29 is 13.6 Å². The van der Waals surface area contributed by atoms with Crippen LogP contribution in [-0.2, 0) is 13.6 Å². The van der Waals surface area contributed by atoms with Gasteiger partial charge in [0.15, 0.2) is 29.7 Å². The van der Waals surface area contributed by atoms with E-state index in [0.29, 0.717) is 24.2 Å². The Kier molecular flexibility index (Phi) is 7.25. The SMILES string of the molecule is C#CC1C[C@@H]2[C@@H](CC[C@@]3(C)[C@H]2CCC3(O[SiH](C)C(C)(C)C)O[SiH](C)C(C)(C)C)[C@@]2(C)CCC(=O)C=C12. The molecular formula is C31H52O3Si2. The van der Waals surface area contributed by atoms with Crippen LogP contribution in [0.4, 0.5) is 0 Å². The van der Waals surface area contributed by atoms with E-state index in [1.54, 1.807) is 0 Å². The Morgan fingerprint density at radius 3 is 2.03 bits per heavy atom. The molecule has 0 heterocycles. The lowest BCUT2D eigenvalue weighted by molar-refractivity contribution is -0.221. The number of hydrogen-bond donors (Lipinski definition) is 0. The second kappa shape index (κ2) is 9.21. The summed E-state index contributed by atoms with van der Waals surface area (Å²) in [5, 5.41) is 0.380. The maximum atomic E-state index is 12.4. The molecule has 8 atom stereocenters. The van der Waals surface area contributed by atoms with E-state index in [0.717, 1.165) is 25.7 Å². The van der Waals surface area contributed by atoms with Gasteiger partial charge in [-0.25, -0.2) is 0 Å². The minimum Gasteiger partial charge on any atom is -0.393 e. The van der Waals surface area contributed by atoms with Crippen molar-refractivity contribution in [2.24, 2.45) is 34.5 Å². The maximum absolute atomic E-state index is 12.4. The number of terminal acetylenes is 1. The van der Waals surface area contributed by atoms with E-state index >= 15 is 0 Å². The molecule has 0 aromatic carbocycles. The normalized spacial score (nSPS) is 42.5. The molecule has 5 heteroatoms. The highest BCUT2D eigenvalue weighted by atomic mass is 28.3. The van der Waals surface area contributed by atoms with Gasteiger partial charge in [-0.3, -0.25) is 4.79 Å². The van der Waals surface area contributed by atoms with E-state index in [1.807, 2.05) is 6.08 Å². The average Bonchev–Trinajstić information content (AvgIpc) is 3.04. The highest BCUT2D eigenvalue weighted by Crippen LogP contribution is 2.69. The molecule has 0 amide bonds. The third kappa shape index (κ3) is 4.46. The minimum absolute atomic E-state index is 0.00833. The van der Waals surface area contributed by atoms with Crippen LogP contribution >= 0.6 is 0 Å². The van der Waals surface area contributed by atoms with Crippen LogP contribution in [0.2, 0.25) is 23.2 Å². The van der Waals surface area contributed by atoms with E-state index < -0.39 is 23.9 Å². The molecule has 4 aliphatic rings. The molecule has 3 saturated carbocycles. The fourth-order valence-electron chi connectivity index (χ4n) is 8.10. The zero-order valence-electron chi connectivity index (χ0n) is 24.8. The Hall–Kier alpha value is -0.676. The largest absolute Gasteiger partial charge is 0.393 e. The van der Waals surface area contributed by atoms with Gasteiger partial charge in [0.2, 0.25) is 0 Å². The van der Waals surface area contributed by atoms with Gasteiger partial charge in [-0.2, -0.15) is 0 Å².